The highest BCUT2D eigenvalue weighted by Crippen LogP contribution is 2.25. The van der Waals surface area contributed by atoms with Crippen LogP contribution in [-0.4, -0.2) is 33.4 Å². The normalized spacial score (nSPS) is 13.1. The van der Waals surface area contributed by atoms with Gasteiger partial charge in [0.25, 0.3) is 11.8 Å². The summed E-state index contributed by atoms with van der Waals surface area (Å²) in [5.74, 6) is 4.66. The molecule has 6 heteroatoms. The molecule has 0 aromatic carbocycles. The standard InChI is InChI=1S/C15H10N2O3S/c18-7-2-3-10-5-8-21-12(10)9-17-14(19)11-4-1-6-16-13(11)15(17)20/h1,4-6,8,18H,7,9H2. The number of nitrogens with zero attached hydrogens (tertiary/aromatic N) is 2. The van der Waals surface area contributed by atoms with E-state index in [4.69, 9.17) is 5.11 Å². The van der Waals surface area contributed by atoms with Crippen molar-refractivity contribution in [3.8, 4) is 11.8 Å². The zero-order valence-electron chi connectivity index (χ0n) is 10.9. The molecule has 3 heterocycles. The Morgan fingerprint density at radius 3 is 2.90 bits per heavy atom. The van der Waals surface area contributed by atoms with E-state index < -0.39 is 0 Å². The maximum Gasteiger partial charge on any atom is 0.280 e. The summed E-state index contributed by atoms with van der Waals surface area (Å²) in [7, 11) is 0. The molecule has 21 heavy (non-hydrogen) atoms. The SMILES string of the molecule is O=C1c2cccnc2C(=O)N1Cc1sccc1C#CCO. The van der Waals surface area contributed by atoms with Gasteiger partial charge in [-0.15, -0.1) is 11.3 Å². The van der Waals surface area contributed by atoms with E-state index >= 15 is 0 Å². The quantitative estimate of drug-likeness (QED) is 0.670. The van der Waals surface area contributed by atoms with Gasteiger partial charge in [0.15, 0.2) is 0 Å². The molecule has 104 valence electrons. The predicted molar refractivity (Wildman–Crippen MR) is 76.7 cm³/mol. The third-order valence-electron chi connectivity index (χ3n) is 3.08. The summed E-state index contributed by atoms with van der Waals surface area (Å²) in [6.07, 6.45) is 1.50. The van der Waals surface area contributed by atoms with Gasteiger partial charge in [0.2, 0.25) is 0 Å². The Bertz CT molecular complexity index is 750. The van der Waals surface area contributed by atoms with Crippen molar-refractivity contribution < 1.29 is 14.7 Å². The number of rotatable bonds is 2. The van der Waals surface area contributed by atoms with Crippen molar-refractivity contribution >= 4 is 23.2 Å². The highest BCUT2D eigenvalue weighted by molar-refractivity contribution is 7.10. The first-order valence-corrected chi connectivity index (χ1v) is 7.07. The van der Waals surface area contributed by atoms with E-state index in [0.29, 0.717) is 5.56 Å². The molecule has 0 spiro atoms. The second kappa shape index (κ2) is 5.48. The Morgan fingerprint density at radius 2 is 2.14 bits per heavy atom. The van der Waals surface area contributed by atoms with E-state index in [1.807, 2.05) is 5.38 Å². The van der Waals surface area contributed by atoms with Crippen LogP contribution in [0.2, 0.25) is 0 Å². The van der Waals surface area contributed by atoms with Gasteiger partial charge in [-0.25, -0.2) is 0 Å². The van der Waals surface area contributed by atoms with Crippen molar-refractivity contribution in [3.63, 3.8) is 0 Å². The third kappa shape index (κ3) is 2.33. The maximum absolute atomic E-state index is 12.3. The first kappa shape index (κ1) is 13.5. The summed E-state index contributed by atoms with van der Waals surface area (Å²) in [6, 6.07) is 5.04. The van der Waals surface area contributed by atoms with Crippen LogP contribution in [0.4, 0.5) is 0 Å². The maximum atomic E-state index is 12.3. The first-order valence-electron chi connectivity index (χ1n) is 6.19. The third-order valence-corrected chi connectivity index (χ3v) is 3.99. The van der Waals surface area contributed by atoms with E-state index in [-0.39, 0.29) is 30.7 Å². The summed E-state index contributed by atoms with van der Waals surface area (Å²) < 4.78 is 0. The van der Waals surface area contributed by atoms with Crippen molar-refractivity contribution in [2.45, 2.75) is 6.54 Å². The fraction of sp³-hybridized carbons (Fsp3) is 0.133. The fourth-order valence-electron chi connectivity index (χ4n) is 2.11. The Balaban J connectivity index is 1.89. The number of aliphatic hydroxyl groups excluding tert-OH is 1. The number of pyridine rings is 1. The van der Waals surface area contributed by atoms with Crippen LogP contribution in [0.5, 0.6) is 0 Å². The minimum Gasteiger partial charge on any atom is -0.384 e. The molecule has 0 unspecified atom stereocenters. The van der Waals surface area contributed by atoms with Crippen molar-refractivity contribution in [1.82, 2.24) is 9.88 Å². The van der Waals surface area contributed by atoms with Crippen LogP contribution >= 0.6 is 11.3 Å². The zero-order valence-corrected chi connectivity index (χ0v) is 11.7. The van der Waals surface area contributed by atoms with Crippen LogP contribution < -0.4 is 0 Å². The lowest BCUT2D eigenvalue weighted by Crippen LogP contribution is -2.29. The molecule has 0 radical (unpaired) electrons. The van der Waals surface area contributed by atoms with Gasteiger partial charge in [-0.05, 0) is 23.6 Å². The molecule has 0 saturated carbocycles. The van der Waals surface area contributed by atoms with Crippen LogP contribution in [-0.2, 0) is 6.54 Å². The molecule has 3 rings (SSSR count). The molecule has 2 aromatic heterocycles. The Kier molecular flexibility index (Phi) is 3.52. The van der Waals surface area contributed by atoms with Gasteiger partial charge < -0.3 is 5.11 Å². The number of carbonyl (C=O) groups is 2. The van der Waals surface area contributed by atoms with E-state index in [1.165, 1.54) is 22.4 Å². The minimum absolute atomic E-state index is 0.168. The Labute approximate surface area is 124 Å². The fourth-order valence-corrected chi connectivity index (χ4v) is 2.93. The Hall–Kier alpha value is -2.49. The molecule has 0 bridgehead atoms. The van der Waals surface area contributed by atoms with E-state index in [2.05, 4.69) is 16.8 Å². The van der Waals surface area contributed by atoms with Gasteiger partial charge in [-0.1, -0.05) is 11.8 Å². The number of aliphatic hydroxyl groups is 1. The second-order valence-electron chi connectivity index (χ2n) is 4.31. The van der Waals surface area contributed by atoms with Crippen molar-refractivity contribution in [3.05, 3.63) is 51.5 Å². The molecule has 1 N–H and O–H groups in total. The van der Waals surface area contributed by atoms with Gasteiger partial charge in [0, 0.05) is 16.6 Å². The summed E-state index contributed by atoms with van der Waals surface area (Å²) in [4.78, 5) is 30.4. The lowest BCUT2D eigenvalue weighted by atomic mass is 10.2. The molecule has 2 aromatic rings. The van der Waals surface area contributed by atoms with E-state index in [0.717, 1.165) is 10.4 Å². The average molecular weight is 298 g/mol. The number of hydrogen-bond donors (Lipinski definition) is 1. The van der Waals surface area contributed by atoms with Crippen LogP contribution in [0.15, 0.2) is 29.8 Å². The molecule has 0 saturated heterocycles. The number of aromatic nitrogens is 1. The number of carbonyl (C=O) groups excluding carboxylic acids is 2. The van der Waals surface area contributed by atoms with Crippen molar-refractivity contribution in [1.29, 1.82) is 0 Å². The second-order valence-corrected chi connectivity index (χ2v) is 5.31. The Morgan fingerprint density at radius 1 is 1.29 bits per heavy atom. The summed E-state index contributed by atoms with van der Waals surface area (Å²) in [6.45, 7) is -0.0621. The molecule has 5 nitrogen and oxygen atoms in total. The smallest absolute Gasteiger partial charge is 0.280 e. The monoisotopic (exact) mass is 298 g/mol. The van der Waals surface area contributed by atoms with Crippen LogP contribution in [0.3, 0.4) is 0 Å². The van der Waals surface area contributed by atoms with Gasteiger partial charge >= 0.3 is 0 Å². The van der Waals surface area contributed by atoms with Crippen molar-refractivity contribution in [2.75, 3.05) is 6.61 Å². The zero-order chi connectivity index (χ0) is 14.8. The molecule has 0 aliphatic carbocycles. The minimum atomic E-state index is -0.384. The molecule has 0 fully saturated rings. The average Bonchev–Trinajstić information content (AvgIpc) is 3.04. The molecular formula is C15H10N2O3S. The number of imide groups is 1. The first-order chi connectivity index (χ1) is 10.2. The van der Waals surface area contributed by atoms with Crippen molar-refractivity contribution in [2.24, 2.45) is 0 Å². The highest BCUT2D eigenvalue weighted by Gasteiger charge is 2.36. The van der Waals surface area contributed by atoms with Gasteiger partial charge in [0.1, 0.15) is 12.3 Å². The van der Waals surface area contributed by atoms with Crippen LogP contribution in [0.25, 0.3) is 0 Å². The van der Waals surface area contributed by atoms with E-state index in [9.17, 15) is 9.59 Å². The highest BCUT2D eigenvalue weighted by atomic mass is 32.1. The number of fused-ring (bicyclic) bond motifs is 1. The van der Waals surface area contributed by atoms with Crippen LogP contribution in [0, 0.1) is 11.8 Å². The van der Waals surface area contributed by atoms with Gasteiger partial charge in [-0.2, -0.15) is 0 Å². The number of hydrogen-bond acceptors (Lipinski definition) is 5. The molecular weight excluding hydrogens is 288 g/mol. The topological polar surface area (TPSA) is 70.5 Å². The molecule has 1 aliphatic heterocycles. The largest absolute Gasteiger partial charge is 0.384 e. The predicted octanol–water partition coefficient (Wildman–Crippen LogP) is 1.28. The molecule has 2 amide bonds. The number of amides is 2. The summed E-state index contributed by atoms with van der Waals surface area (Å²) >= 11 is 1.42. The van der Waals surface area contributed by atoms with Crippen LogP contribution in [0.1, 0.15) is 31.3 Å². The molecule has 1 aliphatic rings. The molecule has 0 atom stereocenters. The number of thiophene rings is 1. The van der Waals surface area contributed by atoms with E-state index in [1.54, 1.807) is 18.2 Å². The lowest BCUT2D eigenvalue weighted by molar-refractivity contribution is 0.0642. The summed E-state index contributed by atoms with van der Waals surface area (Å²) in [5.41, 5.74) is 1.25. The van der Waals surface area contributed by atoms with Gasteiger partial charge in [0.05, 0.1) is 12.1 Å². The lowest BCUT2D eigenvalue weighted by Gasteiger charge is -2.12. The summed E-state index contributed by atoms with van der Waals surface area (Å²) in [5, 5.41) is 10.6. The van der Waals surface area contributed by atoms with Gasteiger partial charge in [-0.3, -0.25) is 19.5 Å².